The Morgan fingerprint density at radius 2 is 1.81 bits per heavy atom. The summed E-state index contributed by atoms with van der Waals surface area (Å²) in [7, 11) is 2.21. The SMILES string of the molecule is CC[N+](C)(CC)C[C@@H](O)CO[C@@H]1C[C@@H](C)CC[C@@H]1C(C)C. The standard InChI is InChI=1S/C18H38NO2/c1-7-19(6,8-2)12-16(20)13-21-18-11-15(5)9-10-17(18)14(3)4/h14-18,20H,7-13H2,1-6H3/q+1/t15-,16+,17+,18+/m0/s1. The van der Waals surface area contributed by atoms with E-state index in [9.17, 15) is 5.11 Å². The Labute approximate surface area is 132 Å². The maximum atomic E-state index is 10.3. The van der Waals surface area contributed by atoms with Crippen LogP contribution in [0.1, 0.15) is 53.9 Å². The molecule has 1 aliphatic rings. The summed E-state index contributed by atoms with van der Waals surface area (Å²) in [6.07, 6.45) is 3.75. The molecule has 3 nitrogen and oxygen atoms in total. The Morgan fingerprint density at radius 1 is 1.19 bits per heavy atom. The summed E-state index contributed by atoms with van der Waals surface area (Å²) in [4.78, 5) is 0. The van der Waals surface area contributed by atoms with Crippen LogP contribution in [0.15, 0.2) is 0 Å². The highest BCUT2D eigenvalue weighted by molar-refractivity contribution is 4.81. The molecule has 21 heavy (non-hydrogen) atoms. The minimum atomic E-state index is -0.347. The van der Waals surface area contributed by atoms with Crippen molar-refractivity contribution in [3.63, 3.8) is 0 Å². The molecule has 0 amide bonds. The Kier molecular flexibility index (Phi) is 7.66. The fourth-order valence-corrected chi connectivity index (χ4v) is 3.58. The van der Waals surface area contributed by atoms with Gasteiger partial charge in [-0.2, -0.15) is 0 Å². The Morgan fingerprint density at radius 3 is 2.33 bits per heavy atom. The van der Waals surface area contributed by atoms with Gasteiger partial charge in [-0.3, -0.25) is 0 Å². The molecule has 4 atom stereocenters. The normalized spacial score (nSPS) is 28.9. The fourth-order valence-electron chi connectivity index (χ4n) is 3.58. The molecule has 3 heteroatoms. The number of ether oxygens (including phenoxy) is 1. The van der Waals surface area contributed by atoms with Crippen LogP contribution < -0.4 is 0 Å². The number of nitrogens with zero attached hydrogens (tertiary/aromatic N) is 1. The highest BCUT2D eigenvalue weighted by Gasteiger charge is 2.32. The first-order valence-electron chi connectivity index (χ1n) is 8.94. The molecule has 1 N–H and O–H groups in total. The minimum Gasteiger partial charge on any atom is -0.385 e. The van der Waals surface area contributed by atoms with Gasteiger partial charge < -0.3 is 14.3 Å². The Bertz CT molecular complexity index is 289. The van der Waals surface area contributed by atoms with Crippen molar-refractivity contribution in [3.05, 3.63) is 0 Å². The Balaban J connectivity index is 2.47. The van der Waals surface area contributed by atoms with Crippen LogP contribution in [0.2, 0.25) is 0 Å². The lowest BCUT2D eigenvalue weighted by Gasteiger charge is -2.38. The zero-order chi connectivity index (χ0) is 16.0. The van der Waals surface area contributed by atoms with E-state index in [-0.39, 0.29) is 6.10 Å². The molecular weight excluding hydrogens is 262 g/mol. The van der Waals surface area contributed by atoms with E-state index in [1.807, 2.05) is 0 Å². The number of hydrogen-bond acceptors (Lipinski definition) is 2. The van der Waals surface area contributed by atoms with Gasteiger partial charge in [0.25, 0.3) is 0 Å². The van der Waals surface area contributed by atoms with Crippen molar-refractivity contribution in [2.45, 2.75) is 66.1 Å². The topological polar surface area (TPSA) is 29.5 Å². The van der Waals surface area contributed by atoms with Crippen molar-refractivity contribution in [1.82, 2.24) is 0 Å². The van der Waals surface area contributed by atoms with Crippen molar-refractivity contribution < 1.29 is 14.3 Å². The molecule has 0 saturated heterocycles. The number of quaternary nitrogens is 1. The lowest BCUT2D eigenvalue weighted by atomic mass is 9.75. The average molecular weight is 301 g/mol. The molecule has 0 aromatic rings. The predicted molar refractivity (Wildman–Crippen MR) is 89.2 cm³/mol. The van der Waals surface area contributed by atoms with Gasteiger partial charge >= 0.3 is 0 Å². The van der Waals surface area contributed by atoms with Crippen molar-refractivity contribution in [3.8, 4) is 0 Å². The van der Waals surface area contributed by atoms with Gasteiger partial charge in [0.1, 0.15) is 12.6 Å². The third kappa shape index (κ3) is 5.88. The van der Waals surface area contributed by atoms with Crippen LogP contribution in [0.25, 0.3) is 0 Å². The minimum absolute atomic E-state index is 0.338. The monoisotopic (exact) mass is 300 g/mol. The van der Waals surface area contributed by atoms with Gasteiger partial charge in [0.2, 0.25) is 0 Å². The molecule has 0 aromatic carbocycles. The lowest BCUT2D eigenvalue weighted by molar-refractivity contribution is -0.909. The lowest BCUT2D eigenvalue weighted by Crippen LogP contribution is -2.50. The Hall–Kier alpha value is -0.120. The van der Waals surface area contributed by atoms with Crippen LogP contribution in [0.3, 0.4) is 0 Å². The largest absolute Gasteiger partial charge is 0.385 e. The molecule has 0 heterocycles. The highest BCUT2D eigenvalue weighted by Crippen LogP contribution is 2.35. The molecule has 1 rings (SSSR count). The summed E-state index contributed by atoms with van der Waals surface area (Å²) < 4.78 is 7.08. The molecule has 0 aromatic heterocycles. The van der Waals surface area contributed by atoms with Gasteiger partial charge in [0.05, 0.1) is 32.8 Å². The molecule has 1 saturated carbocycles. The first-order valence-corrected chi connectivity index (χ1v) is 8.94. The van der Waals surface area contributed by atoms with Crippen molar-refractivity contribution >= 4 is 0 Å². The first kappa shape index (κ1) is 18.9. The third-order valence-electron chi connectivity index (χ3n) is 5.64. The van der Waals surface area contributed by atoms with Crippen molar-refractivity contribution in [2.75, 3.05) is 33.3 Å². The zero-order valence-electron chi connectivity index (χ0n) is 15.1. The number of likely N-dealkylation sites (N-methyl/N-ethyl adjacent to an activating group) is 1. The van der Waals surface area contributed by atoms with E-state index in [4.69, 9.17) is 4.74 Å². The van der Waals surface area contributed by atoms with Crippen molar-refractivity contribution in [2.24, 2.45) is 17.8 Å². The average Bonchev–Trinajstić information content (AvgIpc) is 2.44. The molecule has 0 aliphatic heterocycles. The smallest absolute Gasteiger partial charge is 0.126 e. The molecular formula is C18H38NO2+. The van der Waals surface area contributed by atoms with E-state index in [0.717, 1.165) is 36.5 Å². The molecule has 0 radical (unpaired) electrons. The summed E-state index contributed by atoms with van der Waals surface area (Å²) in [6.45, 7) is 14.7. The van der Waals surface area contributed by atoms with E-state index in [2.05, 4.69) is 41.7 Å². The van der Waals surface area contributed by atoms with Gasteiger partial charge in [0.15, 0.2) is 0 Å². The van der Waals surface area contributed by atoms with Crippen LogP contribution in [-0.4, -0.2) is 55.1 Å². The van der Waals surface area contributed by atoms with Crippen LogP contribution in [0.4, 0.5) is 0 Å². The van der Waals surface area contributed by atoms with Gasteiger partial charge in [0, 0.05) is 0 Å². The number of hydrogen-bond donors (Lipinski definition) is 1. The van der Waals surface area contributed by atoms with Gasteiger partial charge in [-0.25, -0.2) is 0 Å². The molecule has 0 spiro atoms. The third-order valence-corrected chi connectivity index (χ3v) is 5.64. The van der Waals surface area contributed by atoms with Crippen molar-refractivity contribution in [1.29, 1.82) is 0 Å². The maximum absolute atomic E-state index is 10.3. The summed E-state index contributed by atoms with van der Waals surface area (Å²) in [6, 6.07) is 0. The summed E-state index contributed by atoms with van der Waals surface area (Å²) in [5.74, 6) is 2.09. The fraction of sp³-hybridized carbons (Fsp3) is 1.00. The van der Waals surface area contributed by atoms with Crippen LogP contribution in [0.5, 0.6) is 0 Å². The summed E-state index contributed by atoms with van der Waals surface area (Å²) >= 11 is 0. The molecule has 126 valence electrons. The molecule has 1 fully saturated rings. The van der Waals surface area contributed by atoms with Crippen LogP contribution >= 0.6 is 0 Å². The van der Waals surface area contributed by atoms with Gasteiger partial charge in [-0.05, 0) is 44.4 Å². The van der Waals surface area contributed by atoms with Gasteiger partial charge in [-0.1, -0.05) is 27.2 Å². The summed E-state index contributed by atoms with van der Waals surface area (Å²) in [5, 5.41) is 10.3. The molecule has 0 bridgehead atoms. The quantitative estimate of drug-likeness (QED) is 0.697. The second-order valence-corrected chi connectivity index (χ2v) is 7.79. The number of rotatable bonds is 8. The molecule has 0 unspecified atom stereocenters. The van der Waals surface area contributed by atoms with Crippen LogP contribution in [-0.2, 0) is 4.74 Å². The van der Waals surface area contributed by atoms with E-state index >= 15 is 0 Å². The van der Waals surface area contributed by atoms with Crippen LogP contribution in [0, 0.1) is 17.8 Å². The zero-order valence-corrected chi connectivity index (χ0v) is 15.1. The van der Waals surface area contributed by atoms with E-state index in [1.165, 1.54) is 12.8 Å². The first-order chi connectivity index (χ1) is 9.81. The molecule has 1 aliphatic carbocycles. The predicted octanol–water partition coefficient (Wildman–Crippen LogP) is 3.31. The highest BCUT2D eigenvalue weighted by atomic mass is 16.5. The van der Waals surface area contributed by atoms with E-state index in [0.29, 0.717) is 24.5 Å². The maximum Gasteiger partial charge on any atom is 0.126 e. The second kappa shape index (κ2) is 8.50. The number of aliphatic hydroxyl groups excluding tert-OH is 1. The summed E-state index contributed by atoms with van der Waals surface area (Å²) in [5.41, 5.74) is 0. The van der Waals surface area contributed by atoms with E-state index < -0.39 is 0 Å². The van der Waals surface area contributed by atoms with Gasteiger partial charge in [-0.15, -0.1) is 0 Å². The second-order valence-electron chi connectivity index (χ2n) is 7.79. The number of aliphatic hydroxyl groups is 1. The van der Waals surface area contributed by atoms with E-state index in [1.54, 1.807) is 0 Å².